The molecule has 0 atom stereocenters. The van der Waals surface area contributed by atoms with Gasteiger partial charge in [0, 0.05) is 17.1 Å². The van der Waals surface area contributed by atoms with E-state index in [0.29, 0.717) is 23.8 Å². The van der Waals surface area contributed by atoms with Crippen molar-refractivity contribution in [1.29, 1.82) is 0 Å². The average Bonchev–Trinajstić information content (AvgIpc) is 2.82. The van der Waals surface area contributed by atoms with Gasteiger partial charge >= 0.3 is 6.18 Å². The second-order valence-electron chi connectivity index (χ2n) is 8.32. The van der Waals surface area contributed by atoms with E-state index in [-0.39, 0.29) is 5.82 Å². The van der Waals surface area contributed by atoms with Crippen molar-refractivity contribution in [2.45, 2.75) is 45.2 Å². The predicted molar refractivity (Wildman–Crippen MR) is 125 cm³/mol. The quantitative estimate of drug-likeness (QED) is 0.258. The Morgan fingerprint density at radius 3 is 2.21 bits per heavy atom. The number of unbranched alkanes of at least 4 members (excludes halogenated alkanes) is 1. The van der Waals surface area contributed by atoms with E-state index in [1.807, 2.05) is 30.5 Å². The van der Waals surface area contributed by atoms with Crippen LogP contribution in [0.1, 0.15) is 42.0 Å². The Morgan fingerprint density at radius 2 is 1.55 bits per heavy atom. The lowest BCUT2D eigenvalue weighted by atomic mass is 9.98. The summed E-state index contributed by atoms with van der Waals surface area (Å²) in [4.78, 5) is 4.57. The van der Waals surface area contributed by atoms with E-state index in [4.69, 9.17) is 0 Å². The molecule has 3 aromatic carbocycles. The molecular weight excluding hydrogens is 426 g/mol. The number of alkyl halides is 3. The fourth-order valence-corrected chi connectivity index (χ4v) is 3.95. The fraction of sp³-hybridized carbons (Fsp3) is 0.250. The third kappa shape index (κ3) is 5.41. The van der Waals surface area contributed by atoms with Crippen molar-refractivity contribution < 1.29 is 17.6 Å². The van der Waals surface area contributed by atoms with Crippen molar-refractivity contribution in [3.8, 4) is 11.3 Å². The zero-order valence-corrected chi connectivity index (χ0v) is 18.4. The van der Waals surface area contributed by atoms with Crippen molar-refractivity contribution >= 4 is 10.8 Å². The van der Waals surface area contributed by atoms with Gasteiger partial charge in [0.25, 0.3) is 0 Å². The molecule has 0 N–H and O–H groups in total. The van der Waals surface area contributed by atoms with Crippen molar-refractivity contribution in [2.75, 3.05) is 0 Å². The van der Waals surface area contributed by atoms with Gasteiger partial charge in [-0.3, -0.25) is 4.98 Å². The molecule has 33 heavy (non-hydrogen) atoms. The lowest BCUT2D eigenvalue weighted by Gasteiger charge is -2.10. The predicted octanol–water partition coefficient (Wildman–Crippen LogP) is 8.19. The number of nitrogens with zero attached hydrogens (tertiary/aromatic N) is 1. The summed E-state index contributed by atoms with van der Waals surface area (Å²) in [7, 11) is 0. The molecule has 0 aliphatic carbocycles. The van der Waals surface area contributed by atoms with Crippen LogP contribution in [0.5, 0.6) is 0 Å². The number of hydrogen-bond donors (Lipinski definition) is 0. The van der Waals surface area contributed by atoms with Crippen LogP contribution in [0.4, 0.5) is 17.6 Å². The highest BCUT2D eigenvalue weighted by atomic mass is 19.4. The zero-order valence-electron chi connectivity index (χ0n) is 18.4. The number of rotatable bonds is 7. The first-order valence-corrected chi connectivity index (χ1v) is 11.2. The molecule has 5 heteroatoms. The molecule has 0 spiro atoms. The maximum atomic E-state index is 15.1. The molecule has 0 unspecified atom stereocenters. The third-order valence-electron chi connectivity index (χ3n) is 5.94. The summed E-state index contributed by atoms with van der Waals surface area (Å²) in [6.07, 6.45) is 1.72. The minimum Gasteiger partial charge on any atom is -0.256 e. The lowest BCUT2D eigenvalue weighted by molar-refractivity contribution is -0.137. The van der Waals surface area contributed by atoms with Gasteiger partial charge in [0.05, 0.1) is 11.3 Å². The largest absolute Gasteiger partial charge is 0.416 e. The summed E-state index contributed by atoms with van der Waals surface area (Å²) in [5.74, 6) is -0.283. The number of fused-ring (bicyclic) bond motifs is 1. The molecule has 0 saturated heterocycles. The Morgan fingerprint density at radius 1 is 0.788 bits per heavy atom. The molecular formula is C28H25F4N. The van der Waals surface area contributed by atoms with E-state index in [9.17, 15) is 13.2 Å². The Kier molecular flexibility index (Phi) is 6.77. The highest BCUT2D eigenvalue weighted by molar-refractivity contribution is 5.88. The number of pyridine rings is 1. The summed E-state index contributed by atoms with van der Waals surface area (Å²) in [5, 5.41) is 1.32. The first-order valence-electron chi connectivity index (χ1n) is 11.2. The van der Waals surface area contributed by atoms with Crippen LogP contribution in [-0.2, 0) is 25.4 Å². The summed E-state index contributed by atoms with van der Waals surface area (Å²) in [6, 6.07) is 18.4. The van der Waals surface area contributed by atoms with Crippen molar-refractivity contribution in [3.05, 3.63) is 101 Å². The second-order valence-corrected chi connectivity index (χ2v) is 8.32. The molecule has 0 saturated carbocycles. The van der Waals surface area contributed by atoms with E-state index >= 15 is 4.39 Å². The van der Waals surface area contributed by atoms with Crippen LogP contribution >= 0.6 is 0 Å². The molecule has 1 nitrogen and oxygen atoms in total. The summed E-state index contributed by atoms with van der Waals surface area (Å²) < 4.78 is 53.3. The number of benzene rings is 3. The molecule has 0 fully saturated rings. The zero-order chi connectivity index (χ0) is 23.4. The SMILES string of the molecule is CCCCc1ccc(-c2ccc3c(F)c(CCc4ccc(C(F)(F)F)cc4)ccc3c2)nc1. The number of aromatic nitrogens is 1. The van der Waals surface area contributed by atoms with Crippen LogP contribution in [-0.4, -0.2) is 4.98 Å². The van der Waals surface area contributed by atoms with Crippen LogP contribution in [0, 0.1) is 5.82 Å². The van der Waals surface area contributed by atoms with Crippen molar-refractivity contribution in [1.82, 2.24) is 4.98 Å². The average molecular weight is 452 g/mol. The molecule has 1 heterocycles. The minimum atomic E-state index is -4.35. The third-order valence-corrected chi connectivity index (χ3v) is 5.94. The van der Waals surface area contributed by atoms with Gasteiger partial charge in [-0.15, -0.1) is 0 Å². The Balaban J connectivity index is 1.50. The molecule has 0 amide bonds. The van der Waals surface area contributed by atoms with Crippen molar-refractivity contribution in [2.24, 2.45) is 0 Å². The van der Waals surface area contributed by atoms with E-state index in [2.05, 4.69) is 18.0 Å². The van der Waals surface area contributed by atoms with E-state index in [1.54, 1.807) is 12.1 Å². The molecule has 0 aliphatic heterocycles. The second kappa shape index (κ2) is 9.74. The molecule has 0 bridgehead atoms. The van der Waals surface area contributed by atoms with Gasteiger partial charge in [0.1, 0.15) is 5.82 Å². The number of aryl methyl sites for hydroxylation is 3. The van der Waals surface area contributed by atoms with Gasteiger partial charge in [0.2, 0.25) is 0 Å². The lowest BCUT2D eigenvalue weighted by Crippen LogP contribution is -2.04. The van der Waals surface area contributed by atoms with Crippen LogP contribution < -0.4 is 0 Å². The van der Waals surface area contributed by atoms with E-state index < -0.39 is 11.7 Å². The Labute approximate surface area is 191 Å². The molecule has 0 radical (unpaired) electrons. The van der Waals surface area contributed by atoms with Crippen LogP contribution in [0.25, 0.3) is 22.0 Å². The number of halogens is 4. The maximum absolute atomic E-state index is 15.1. The maximum Gasteiger partial charge on any atom is 0.416 e. The molecule has 0 aliphatic rings. The van der Waals surface area contributed by atoms with E-state index in [1.165, 1.54) is 17.7 Å². The summed E-state index contributed by atoms with van der Waals surface area (Å²) in [5.41, 5.74) is 3.61. The molecule has 170 valence electrons. The van der Waals surface area contributed by atoms with Gasteiger partial charge in [-0.25, -0.2) is 4.39 Å². The highest BCUT2D eigenvalue weighted by Crippen LogP contribution is 2.30. The summed E-state index contributed by atoms with van der Waals surface area (Å²) in [6.45, 7) is 2.16. The highest BCUT2D eigenvalue weighted by Gasteiger charge is 2.29. The fourth-order valence-electron chi connectivity index (χ4n) is 3.95. The van der Waals surface area contributed by atoms with Crippen LogP contribution in [0.15, 0.2) is 72.9 Å². The van der Waals surface area contributed by atoms with Gasteiger partial charge in [-0.05, 0) is 72.0 Å². The first-order chi connectivity index (χ1) is 15.8. The number of hydrogen-bond acceptors (Lipinski definition) is 1. The first kappa shape index (κ1) is 23.0. The van der Waals surface area contributed by atoms with E-state index in [0.717, 1.165) is 53.6 Å². The smallest absolute Gasteiger partial charge is 0.256 e. The molecule has 4 rings (SSSR count). The minimum absolute atomic E-state index is 0.283. The normalized spacial score (nSPS) is 11.8. The molecule has 4 aromatic rings. The Bertz CT molecular complexity index is 1230. The standard InChI is InChI=1S/C28H25F4N/c1-2-3-4-20-8-16-26(33-18-20)23-12-15-25-22(17-23)11-10-21(27(25)29)9-5-19-6-13-24(14-7-19)28(30,31)32/h6-8,10-18H,2-5,9H2,1H3. The molecule has 1 aromatic heterocycles. The van der Waals surface area contributed by atoms with Crippen molar-refractivity contribution in [3.63, 3.8) is 0 Å². The van der Waals surface area contributed by atoms with Gasteiger partial charge < -0.3 is 0 Å². The monoisotopic (exact) mass is 451 g/mol. The topological polar surface area (TPSA) is 12.9 Å². The Hall–Kier alpha value is -3.21. The van der Waals surface area contributed by atoms with Gasteiger partial charge in [0.15, 0.2) is 0 Å². The van der Waals surface area contributed by atoms with Crippen LogP contribution in [0.3, 0.4) is 0 Å². The van der Waals surface area contributed by atoms with Gasteiger partial charge in [-0.1, -0.05) is 55.8 Å². The van der Waals surface area contributed by atoms with Gasteiger partial charge in [-0.2, -0.15) is 13.2 Å². The van der Waals surface area contributed by atoms with Crippen LogP contribution in [0.2, 0.25) is 0 Å². The summed E-state index contributed by atoms with van der Waals surface area (Å²) >= 11 is 0.